The molecule has 2 heterocycles. The first kappa shape index (κ1) is 13.3. The van der Waals surface area contributed by atoms with Crippen molar-refractivity contribution >= 4 is 27.4 Å². The Kier molecular flexibility index (Phi) is 3.63. The van der Waals surface area contributed by atoms with Crippen molar-refractivity contribution in [2.45, 2.75) is 51.4 Å². The molecule has 0 fully saturated rings. The molecule has 1 N–H and O–H groups in total. The fraction of sp³-hybridized carbons (Fsp3) is 0.529. The van der Waals surface area contributed by atoms with Crippen LogP contribution in [0.3, 0.4) is 0 Å². The first-order chi connectivity index (χ1) is 10.4. The third-order valence-electron chi connectivity index (χ3n) is 4.62. The van der Waals surface area contributed by atoms with Crippen LogP contribution >= 0.6 is 11.3 Å². The third-order valence-corrected chi connectivity index (χ3v) is 5.82. The molecule has 0 saturated carbocycles. The van der Waals surface area contributed by atoms with E-state index in [1.807, 2.05) is 11.3 Å². The van der Waals surface area contributed by atoms with Crippen LogP contribution < -0.4 is 5.32 Å². The molecule has 110 valence electrons. The van der Waals surface area contributed by atoms with Gasteiger partial charge in [0.05, 0.1) is 5.39 Å². The lowest BCUT2D eigenvalue weighted by molar-refractivity contribution is 0.679. The molecular formula is C17H21N3S. The lowest BCUT2D eigenvalue weighted by Gasteiger charge is -2.13. The number of anilines is 1. The second-order valence-corrected chi connectivity index (χ2v) is 7.13. The molecule has 0 amide bonds. The number of aryl methyl sites for hydroxylation is 2. The molecule has 0 atom stereocenters. The quantitative estimate of drug-likeness (QED) is 0.846. The maximum atomic E-state index is 4.50. The number of hydrogen-bond donors (Lipinski definition) is 1. The summed E-state index contributed by atoms with van der Waals surface area (Å²) in [6, 6.07) is 0. The van der Waals surface area contributed by atoms with Crippen LogP contribution in [0, 0.1) is 0 Å². The molecular weight excluding hydrogens is 278 g/mol. The van der Waals surface area contributed by atoms with Crippen molar-refractivity contribution in [3.05, 3.63) is 28.4 Å². The van der Waals surface area contributed by atoms with E-state index in [2.05, 4.69) is 21.4 Å². The van der Waals surface area contributed by atoms with E-state index in [4.69, 9.17) is 0 Å². The van der Waals surface area contributed by atoms with Gasteiger partial charge in [0.15, 0.2) is 0 Å². The molecule has 2 aliphatic rings. The minimum Gasteiger partial charge on any atom is -0.369 e. The molecule has 0 radical (unpaired) electrons. The van der Waals surface area contributed by atoms with Crippen LogP contribution in [-0.4, -0.2) is 16.5 Å². The summed E-state index contributed by atoms with van der Waals surface area (Å²) < 4.78 is 0. The highest BCUT2D eigenvalue weighted by Gasteiger charge is 2.20. The van der Waals surface area contributed by atoms with E-state index in [1.165, 1.54) is 60.8 Å². The van der Waals surface area contributed by atoms with Gasteiger partial charge in [-0.15, -0.1) is 11.3 Å². The lowest BCUT2D eigenvalue weighted by atomic mass is 9.97. The molecule has 0 unspecified atom stereocenters. The van der Waals surface area contributed by atoms with Gasteiger partial charge in [0.1, 0.15) is 17.0 Å². The van der Waals surface area contributed by atoms with Gasteiger partial charge in [-0.2, -0.15) is 0 Å². The van der Waals surface area contributed by atoms with E-state index >= 15 is 0 Å². The number of hydrogen-bond acceptors (Lipinski definition) is 4. The summed E-state index contributed by atoms with van der Waals surface area (Å²) in [6.07, 6.45) is 14.3. The van der Waals surface area contributed by atoms with Crippen molar-refractivity contribution in [1.82, 2.24) is 9.97 Å². The van der Waals surface area contributed by atoms with E-state index in [1.54, 1.807) is 11.9 Å². The zero-order valence-electron chi connectivity index (χ0n) is 12.3. The second-order valence-electron chi connectivity index (χ2n) is 6.04. The summed E-state index contributed by atoms with van der Waals surface area (Å²) in [6.45, 7) is 0.989. The smallest absolute Gasteiger partial charge is 0.138 e. The molecule has 2 aliphatic carbocycles. The molecule has 4 rings (SSSR count). The fourth-order valence-corrected chi connectivity index (χ4v) is 4.76. The Labute approximate surface area is 129 Å². The van der Waals surface area contributed by atoms with Gasteiger partial charge in [0, 0.05) is 11.4 Å². The molecule has 2 aromatic rings. The molecule has 0 saturated heterocycles. The summed E-state index contributed by atoms with van der Waals surface area (Å²) in [4.78, 5) is 11.7. The van der Waals surface area contributed by atoms with E-state index in [0.717, 1.165) is 23.6 Å². The Balaban J connectivity index is 1.52. The van der Waals surface area contributed by atoms with E-state index in [0.29, 0.717) is 0 Å². The van der Waals surface area contributed by atoms with Crippen molar-refractivity contribution in [3.8, 4) is 0 Å². The number of nitrogens with one attached hydrogen (secondary N) is 1. The number of allylic oxidation sites excluding steroid dienone is 1. The summed E-state index contributed by atoms with van der Waals surface area (Å²) in [5, 5.41) is 4.86. The first-order valence-corrected chi connectivity index (χ1v) is 8.90. The van der Waals surface area contributed by atoms with E-state index in [-0.39, 0.29) is 0 Å². The summed E-state index contributed by atoms with van der Waals surface area (Å²) >= 11 is 1.86. The molecule has 0 spiro atoms. The minimum absolute atomic E-state index is 0.989. The Morgan fingerprint density at radius 1 is 1.10 bits per heavy atom. The molecule has 0 aromatic carbocycles. The number of fused-ring (bicyclic) bond motifs is 3. The Hall–Kier alpha value is -1.42. The molecule has 21 heavy (non-hydrogen) atoms. The zero-order valence-corrected chi connectivity index (χ0v) is 13.1. The number of nitrogens with zero attached hydrogens (tertiary/aromatic N) is 2. The maximum absolute atomic E-state index is 4.50. The van der Waals surface area contributed by atoms with Gasteiger partial charge in [-0.25, -0.2) is 9.97 Å². The molecule has 0 aliphatic heterocycles. The van der Waals surface area contributed by atoms with Crippen LogP contribution in [0.4, 0.5) is 5.82 Å². The molecule has 3 nitrogen and oxygen atoms in total. The molecule has 2 aromatic heterocycles. The lowest BCUT2D eigenvalue weighted by Crippen LogP contribution is -2.06. The predicted octanol–water partition coefficient (Wildman–Crippen LogP) is 4.48. The third kappa shape index (κ3) is 2.57. The monoisotopic (exact) mass is 299 g/mol. The number of thiophene rings is 1. The molecule has 0 bridgehead atoms. The van der Waals surface area contributed by atoms with Gasteiger partial charge in [-0.3, -0.25) is 0 Å². The Bertz CT molecular complexity index is 687. The minimum atomic E-state index is 0.989. The van der Waals surface area contributed by atoms with E-state index < -0.39 is 0 Å². The Morgan fingerprint density at radius 3 is 3.00 bits per heavy atom. The van der Waals surface area contributed by atoms with E-state index in [9.17, 15) is 0 Å². The van der Waals surface area contributed by atoms with Crippen molar-refractivity contribution < 1.29 is 0 Å². The highest BCUT2D eigenvalue weighted by Crippen LogP contribution is 2.39. The molecule has 4 heteroatoms. The SMILES string of the molecule is C1=C(CCNc2ncnc3sc4c(c23)CCC4)CCCC1. The van der Waals surface area contributed by atoms with Gasteiger partial charge in [-0.05, 0) is 56.9 Å². The first-order valence-electron chi connectivity index (χ1n) is 8.09. The second kappa shape index (κ2) is 5.76. The Morgan fingerprint density at radius 2 is 2.10 bits per heavy atom. The average Bonchev–Trinajstić information content (AvgIpc) is 3.09. The van der Waals surface area contributed by atoms with Crippen LogP contribution in [0.25, 0.3) is 10.2 Å². The largest absolute Gasteiger partial charge is 0.369 e. The highest BCUT2D eigenvalue weighted by atomic mass is 32.1. The standard InChI is InChI=1S/C17H21N3S/c1-2-5-12(6-3-1)9-10-18-16-15-13-7-4-8-14(13)21-17(15)20-11-19-16/h5,11H,1-4,6-10H2,(H,18,19,20). The zero-order chi connectivity index (χ0) is 14.1. The van der Waals surface area contributed by atoms with Crippen LogP contribution in [0.2, 0.25) is 0 Å². The van der Waals surface area contributed by atoms with Crippen molar-refractivity contribution in [3.63, 3.8) is 0 Å². The fourth-order valence-electron chi connectivity index (χ4n) is 3.54. The van der Waals surface area contributed by atoms with Crippen LogP contribution in [0.5, 0.6) is 0 Å². The number of rotatable bonds is 4. The van der Waals surface area contributed by atoms with Crippen LogP contribution in [0.1, 0.15) is 49.0 Å². The van der Waals surface area contributed by atoms with Crippen molar-refractivity contribution in [2.24, 2.45) is 0 Å². The van der Waals surface area contributed by atoms with Gasteiger partial charge in [0.2, 0.25) is 0 Å². The van der Waals surface area contributed by atoms with Gasteiger partial charge >= 0.3 is 0 Å². The van der Waals surface area contributed by atoms with Gasteiger partial charge < -0.3 is 5.32 Å². The highest BCUT2D eigenvalue weighted by molar-refractivity contribution is 7.19. The average molecular weight is 299 g/mol. The van der Waals surface area contributed by atoms with Gasteiger partial charge in [0.25, 0.3) is 0 Å². The predicted molar refractivity (Wildman–Crippen MR) is 89.1 cm³/mol. The number of aromatic nitrogens is 2. The summed E-state index contributed by atoms with van der Waals surface area (Å²) in [5.41, 5.74) is 3.13. The topological polar surface area (TPSA) is 37.8 Å². The van der Waals surface area contributed by atoms with Crippen molar-refractivity contribution in [2.75, 3.05) is 11.9 Å². The van der Waals surface area contributed by atoms with Crippen molar-refractivity contribution in [1.29, 1.82) is 0 Å². The normalized spacial score (nSPS) is 17.8. The summed E-state index contributed by atoms with van der Waals surface area (Å²) in [7, 11) is 0. The summed E-state index contributed by atoms with van der Waals surface area (Å²) in [5.74, 6) is 1.05. The van der Waals surface area contributed by atoms with Gasteiger partial charge in [-0.1, -0.05) is 11.6 Å². The van der Waals surface area contributed by atoms with Crippen LogP contribution in [0.15, 0.2) is 18.0 Å². The maximum Gasteiger partial charge on any atom is 0.138 e. The van der Waals surface area contributed by atoms with Crippen LogP contribution in [-0.2, 0) is 12.8 Å².